The van der Waals surface area contributed by atoms with Crippen LogP contribution in [0, 0.1) is 5.92 Å². The monoisotopic (exact) mass is 304 g/mol. The molecule has 1 heterocycles. The number of rotatable bonds is 3. The van der Waals surface area contributed by atoms with Crippen molar-refractivity contribution in [3.8, 4) is 11.3 Å². The van der Waals surface area contributed by atoms with Crippen LogP contribution in [0.1, 0.15) is 23.4 Å². The molecule has 21 heavy (non-hydrogen) atoms. The van der Waals surface area contributed by atoms with E-state index in [9.17, 15) is 9.59 Å². The summed E-state index contributed by atoms with van der Waals surface area (Å²) in [5, 5.41) is 0.631. The first-order chi connectivity index (χ1) is 10.1. The summed E-state index contributed by atoms with van der Waals surface area (Å²) in [6.45, 7) is 0. The fourth-order valence-electron chi connectivity index (χ4n) is 1.86. The van der Waals surface area contributed by atoms with Gasteiger partial charge in [0.25, 0.3) is 0 Å². The van der Waals surface area contributed by atoms with Crippen molar-refractivity contribution in [2.45, 2.75) is 12.8 Å². The van der Waals surface area contributed by atoms with Gasteiger partial charge in [0.2, 0.25) is 5.91 Å². The topological polar surface area (TPSA) is 71.3 Å². The number of nitrogens with one attached hydrogen (secondary N) is 2. The van der Waals surface area contributed by atoms with Crippen molar-refractivity contribution < 1.29 is 14.0 Å². The lowest BCUT2D eigenvalue weighted by Crippen LogP contribution is -2.42. The molecule has 0 radical (unpaired) electrons. The van der Waals surface area contributed by atoms with Gasteiger partial charge in [0, 0.05) is 16.5 Å². The molecule has 2 aromatic rings. The van der Waals surface area contributed by atoms with Crippen molar-refractivity contribution in [1.29, 1.82) is 0 Å². The van der Waals surface area contributed by atoms with E-state index in [2.05, 4.69) is 10.9 Å². The van der Waals surface area contributed by atoms with Crippen molar-refractivity contribution in [3.05, 3.63) is 47.2 Å². The zero-order chi connectivity index (χ0) is 14.8. The predicted molar refractivity (Wildman–Crippen MR) is 77.5 cm³/mol. The van der Waals surface area contributed by atoms with E-state index in [1.807, 2.05) is 0 Å². The highest BCUT2D eigenvalue weighted by atomic mass is 35.5. The largest absolute Gasteiger partial charge is 0.451 e. The highest BCUT2D eigenvalue weighted by Crippen LogP contribution is 2.28. The molecule has 108 valence electrons. The van der Waals surface area contributed by atoms with Gasteiger partial charge >= 0.3 is 5.91 Å². The molecule has 3 rings (SSSR count). The molecule has 0 atom stereocenters. The second-order valence-electron chi connectivity index (χ2n) is 4.89. The van der Waals surface area contributed by atoms with Gasteiger partial charge in [0.1, 0.15) is 5.76 Å². The molecule has 1 aromatic carbocycles. The highest BCUT2D eigenvalue weighted by molar-refractivity contribution is 6.30. The van der Waals surface area contributed by atoms with E-state index in [1.165, 1.54) is 0 Å². The third-order valence-electron chi connectivity index (χ3n) is 3.21. The Morgan fingerprint density at radius 2 is 1.76 bits per heavy atom. The van der Waals surface area contributed by atoms with Crippen LogP contribution >= 0.6 is 11.6 Å². The minimum atomic E-state index is -0.482. The molecule has 0 aliphatic heterocycles. The van der Waals surface area contributed by atoms with Crippen LogP contribution in [0.25, 0.3) is 11.3 Å². The molecule has 1 aliphatic carbocycles. The maximum atomic E-state index is 11.9. The zero-order valence-electron chi connectivity index (χ0n) is 11.1. The number of carbonyl (C=O) groups excluding carboxylic acids is 2. The number of amides is 2. The smallest absolute Gasteiger partial charge is 0.305 e. The van der Waals surface area contributed by atoms with Gasteiger partial charge in [-0.25, -0.2) is 0 Å². The Balaban J connectivity index is 1.64. The Kier molecular flexibility index (Phi) is 3.66. The molecule has 5 nitrogen and oxygen atoms in total. The van der Waals surface area contributed by atoms with Gasteiger partial charge < -0.3 is 4.42 Å². The van der Waals surface area contributed by atoms with E-state index >= 15 is 0 Å². The van der Waals surface area contributed by atoms with Gasteiger partial charge in [-0.2, -0.15) is 0 Å². The number of furan rings is 1. The number of hydrazine groups is 1. The number of halogens is 1. The molecule has 1 saturated carbocycles. The van der Waals surface area contributed by atoms with Crippen LogP contribution in [0.15, 0.2) is 40.8 Å². The summed E-state index contributed by atoms with van der Waals surface area (Å²) in [7, 11) is 0. The lowest BCUT2D eigenvalue weighted by molar-refractivity contribution is -0.123. The van der Waals surface area contributed by atoms with E-state index in [4.69, 9.17) is 16.0 Å². The van der Waals surface area contributed by atoms with Gasteiger partial charge in [-0.05, 0) is 49.2 Å². The number of carbonyl (C=O) groups is 2. The van der Waals surface area contributed by atoms with E-state index in [0.717, 1.165) is 18.4 Å². The molecule has 0 spiro atoms. The standard InChI is InChI=1S/C15H13ClN2O3/c16-11-5-3-9(4-6-11)12-7-8-13(21-12)15(20)18-17-14(19)10-1-2-10/h3-8,10H,1-2H2,(H,17,19)(H,18,20). The molecule has 0 saturated heterocycles. The van der Waals surface area contributed by atoms with Gasteiger partial charge in [0.05, 0.1) is 0 Å². The Morgan fingerprint density at radius 3 is 2.43 bits per heavy atom. The Bertz CT molecular complexity index is 674. The molecule has 6 heteroatoms. The maximum Gasteiger partial charge on any atom is 0.305 e. The molecule has 0 unspecified atom stereocenters. The number of benzene rings is 1. The Hall–Kier alpha value is -2.27. The molecule has 1 aromatic heterocycles. The van der Waals surface area contributed by atoms with E-state index in [0.29, 0.717) is 10.8 Å². The van der Waals surface area contributed by atoms with Crippen LogP contribution in [0.2, 0.25) is 5.02 Å². The third-order valence-corrected chi connectivity index (χ3v) is 3.46. The molecule has 1 aliphatic rings. The quantitative estimate of drug-likeness (QED) is 0.857. The van der Waals surface area contributed by atoms with Crippen molar-refractivity contribution in [1.82, 2.24) is 10.9 Å². The van der Waals surface area contributed by atoms with E-state index in [1.54, 1.807) is 36.4 Å². The second-order valence-corrected chi connectivity index (χ2v) is 5.32. The summed E-state index contributed by atoms with van der Waals surface area (Å²) in [5.41, 5.74) is 5.54. The first kappa shape index (κ1) is 13.7. The number of hydrogen-bond acceptors (Lipinski definition) is 3. The average Bonchev–Trinajstić information content (AvgIpc) is 3.23. The maximum absolute atomic E-state index is 11.9. The second kappa shape index (κ2) is 5.61. The van der Waals surface area contributed by atoms with Crippen LogP contribution in [0.5, 0.6) is 0 Å². The van der Waals surface area contributed by atoms with Gasteiger partial charge in [-0.1, -0.05) is 11.6 Å². The molecule has 1 fully saturated rings. The number of hydrogen-bond donors (Lipinski definition) is 2. The summed E-state index contributed by atoms with van der Waals surface area (Å²) in [6, 6.07) is 10.4. The zero-order valence-corrected chi connectivity index (χ0v) is 11.8. The molecule has 2 amide bonds. The van der Waals surface area contributed by atoms with E-state index in [-0.39, 0.29) is 17.6 Å². The summed E-state index contributed by atoms with van der Waals surface area (Å²) < 4.78 is 5.47. The third kappa shape index (κ3) is 3.25. The first-order valence-corrected chi connectivity index (χ1v) is 6.97. The van der Waals surface area contributed by atoms with Crippen LogP contribution in [-0.4, -0.2) is 11.8 Å². The minimum Gasteiger partial charge on any atom is -0.451 e. The molecule has 2 N–H and O–H groups in total. The van der Waals surface area contributed by atoms with E-state index < -0.39 is 5.91 Å². The van der Waals surface area contributed by atoms with Crippen LogP contribution in [0.3, 0.4) is 0 Å². The Labute approximate surface area is 126 Å². The van der Waals surface area contributed by atoms with Gasteiger partial charge in [0.15, 0.2) is 5.76 Å². The van der Waals surface area contributed by atoms with Crippen LogP contribution in [-0.2, 0) is 4.79 Å². The fraction of sp³-hybridized carbons (Fsp3) is 0.200. The summed E-state index contributed by atoms with van der Waals surface area (Å²) in [5.74, 6) is 0.0879. The van der Waals surface area contributed by atoms with Crippen molar-refractivity contribution in [2.75, 3.05) is 0 Å². The van der Waals surface area contributed by atoms with Gasteiger partial charge in [-0.3, -0.25) is 20.4 Å². The van der Waals surface area contributed by atoms with Crippen molar-refractivity contribution in [3.63, 3.8) is 0 Å². The van der Waals surface area contributed by atoms with Crippen LogP contribution < -0.4 is 10.9 Å². The fourth-order valence-corrected chi connectivity index (χ4v) is 1.98. The van der Waals surface area contributed by atoms with Crippen molar-refractivity contribution in [2.24, 2.45) is 5.92 Å². The summed E-state index contributed by atoms with van der Waals surface area (Å²) >= 11 is 5.82. The molecule has 0 bridgehead atoms. The Morgan fingerprint density at radius 1 is 1.05 bits per heavy atom. The van der Waals surface area contributed by atoms with Crippen LogP contribution in [0.4, 0.5) is 0 Å². The summed E-state index contributed by atoms with van der Waals surface area (Å²) in [6.07, 6.45) is 1.76. The first-order valence-electron chi connectivity index (χ1n) is 6.59. The SMILES string of the molecule is O=C(NNC(=O)C1CC1)c1ccc(-c2ccc(Cl)cc2)o1. The minimum absolute atomic E-state index is 0.0338. The molecular weight excluding hydrogens is 292 g/mol. The van der Waals surface area contributed by atoms with Gasteiger partial charge in [-0.15, -0.1) is 0 Å². The van der Waals surface area contributed by atoms with Crippen molar-refractivity contribution >= 4 is 23.4 Å². The predicted octanol–water partition coefficient (Wildman–Crippen LogP) is 2.77. The molecular formula is C15H13ClN2O3. The lowest BCUT2D eigenvalue weighted by atomic mass is 10.2. The normalized spacial score (nSPS) is 13.8. The highest BCUT2D eigenvalue weighted by Gasteiger charge is 2.29. The summed E-state index contributed by atoms with van der Waals surface area (Å²) in [4.78, 5) is 23.3. The average molecular weight is 305 g/mol. The lowest BCUT2D eigenvalue weighted by Gasteiger charge is -2.04.